The van der Waals surface area contributed by atoms with Crippen molar-refractivity contribution < 1.29 is 4.74 Å². The first kappa shape index (κ1) is 14.8. The van der Waals surface area contributed by atoms with E-state index in [0.29, 0.717) is 11.8 Å². The van der Waals surface area contributed by atoms with Gasteiger partial charge in [0, 0.05) is 12.2 Å². The highest BCUT2D eigenvalue weighted by atomic mass is 16.5. The zero-order valence-electron chi connectivity index (χ0n) is 12.2. The van der Waals surface area contributed by atoms with Crippen molar-refractivity contribution in [1.29, 1.82) is 0 Å². The molecule has 0 amide bonds. The Morgan fingerprint density at radius 3 is 2.39 bits per heavy atom. The third-order valence-corrected chi connectivity index (χ3v) is 3.54. The predicted octanol–water partition coefficient (Wildman–Crippen LogP) is 2.95. The molecule has 3 N–H and O–H groups in total. The quantitative estimate of drug-likeness (QED) is 0.816. The average Bonchev–Trinajstić information content (AvgIpc) is 2.33. The second-order valence-corrected chi connectivity index (χ2v) is 5.26. The lowest BCUT2D eigenvalue weighted by molar-refractivity contribution is 0.410. The minimum absolute atomic E-state index is 0.506. The maximum atomic E-state index is 5.79. The predicted molar refractivity (Wildman–Crippen MR) is 78.3 cm³/mol. The van der Waals surface area contributed by atoms with Gasteiger partial charge in [-0.05, 0) is 55.5 Å². The highest BCUT2D eigenvalue weighted by Gasteiger charge is 2.12. The number of hydrogen-bond donors (Lipinski definition) is 2. The van der Waals surface area contributed by atoms with Gasteiger partial charge < -0.3 is 15.8 Å². The van der Waals surface area contributed by atoms with Crippen molar-refractivity contribution in [1.82, 2.24) is 0 Å². The summed E-state index contributed by atoms with van der Waals surface area (Å²) in [6, 6.07) is 4.21. The molecule has 18 heavy (non-hydrogen) atoms. The van der Waals surface area contributed by atoms with E-state index in [2.05, 4.69) is 45.1 Å². The minimum atomic E-state index is 0.506. The molecule has 1 atom stereocenters. The fraction of sp³-hybridized carbons (Fsp3) is 0.600. The Hall–Kier alpha value is -1.22. The highest BCUT2D eigenvalue weighted by Crippen LogP contribution is 2.26. The van der Waals surface area contributed by atoms with Crippen LogP contribution in [0.1, 0.15) is 25.0 Å². The van der Waals surface area contributed by atoms with Gasteiger partial charge in [0.05, 0.1) is 7.11 Å². The lowest BCUT2D eigenvalue weighted by Crippen LogP contribution is -2.27. The third-order valence-electron chi connectivity index (χ3n) is 3.54. The molecule has 1 rings (SSSR count). The average molecular weight is 250 g/mol. The van der Waals surface area contributed by atoms with Gasteiger partial charge in [-0.15, -0.1) is 0 Å². The van der Waals surface area contributed by atoms with Gasteiger partial charge >= 0.3 is 0 Å². The Labute approximate surface area is 111 Å². The van der Waals surface area contributed by atoms with Crippen LogP contribution in [-0.2, 0) is 0 Å². The van der Waals surface area contributed by atoms with Crippen LogP contribution >= 0.6 is 0 Å². The number of anilines is 1. The Morgan fingerprint density at radius 2 is 1.89 bits per heavy atom. The number of nitrogens with one attached hydrogen (secondary N) is 1. The van der Waals surface area contributed by atoms with Gasteiger partial charge in [-0.1, -0.05) is 13.8 Å². The van der Waals surface area contributed by atoms with Gasteiger partial charge in [-0.2, -0.15) is 0 Å². The second kappa shape index (κ2) is 6.64. The second-order valence-electron chi connectivity index (χ2n) is 5.26. The van der Waals surface area contributed by atoms with Gasteiger partial charge in [0.1, 0.15) is 5.75 Å². The van der Waals surface area contributed by atoms with Crippen molar-refractivity contribution in [3.8, 4) is 5.75 Å². The molecule has 0 spiro atoms. The molecule has 1 unspecified atom stereocenters. The first-order valence-electron chi connectivity index (χ1n) is 6.58. The molecule has 0 radical (unpaired) electrons. The number of ether oxygens (including phenoxy) is 1. The molecule has 1 aromatic rings. The summed E-state index contributed by atoms with van der Waals surface area (Å²) in [5.41, 5.74) is 9.32. The smallest absolute Gasteiger partial charge is 0.122 e. The summed E-state index contributed by atoms with van der Waals surface area (Å²) in [5, 5.41) is 3.50. The monoisotopic (exact) mass is 250 g/mol. The SMILES string of the molecule is COc1cc(C)c(NCC(CN)C(C)C)cc1C. The van der Waals surface area contributed by atoms with Crippen LogP contribution in [0.5, 0.6) is 5.75 Å². The van der Waals surface area contributed by atoms with E-state index in [0.717, 1.165) is 24.4 Å². The molecule has 0 aliphatic carbocycles. The zero-order chi connectivity index (χ0) is 13.7. The van der Waals surface area contributed by atoms with Crippen LogP contribution in [0.4, 0.5) is 5.69 Å². The fourth-order valence-electron chi connectivity index (χ4n) is 2.03. The molecule has 0 saturated carbocycles. The molecule has 0 aromatic heterocycles. The summed E-state index contributed by atoms with van der Waals surface area (Å²) in [7, 11) is 1.71. The molecule has 0 heterocycles. The van der Waals surface area contributed by atoms with Crippen LogP contribution in [-0.4, -0.2) is 20.2 Å². The first-order valence-corrected chi connectivity index (χ1v) is 6.58. The first-order chi connectivity index (χ1) is 8.49. The molecule has 1 aromatic carbocycles. The van der Waals surface area contributed by atoms with Gasteiger partial charge in [-0.25, -0.2) is 0 Å². The molecule has 3 nitrogen and oxygen atoms in total. The summed E-state index contributed by atoms with van der Waals surface area (Å²) in [4.78, 5) is 0. The Morgan fingerprint density at radius 1 is 1.22 bits per heavy atom. The van der Waals surface area contributed by atoms with Crippen molar-refractivity contribution in [2.75, 3.05) is 25.5 Å². The van der Waals surface area contributed by atoms with Crippen LogP contribution < -0.4 is 15.8 Å². The zero-order valence-corrected chi connectivity index (χ0v) is 12.2. The summed E-state index contributed by atoms with van der Waals surface area (Å²) in [6.45, 7) is 10.2. The molecular formula is C15H26N2O. The lowest BCUT2D eigenvalue weighted by atomic mass is 9.96. The summed E-state index contributed by atoms with van der Waals surface area (Å²) < 4.78 is 5.32. The molecule has 0 saturated heterocycles. The van der Waals surface area contributed by atoms with Crippen molar-refractivity contribution >= 4 is 5.69 Å². The molecule has 3 heteroatoms. The minimum Gasteiger partial charge on any atom is -0.496 e. The molecular weight excluding hydrogens is 224 g/mol. The van der Waals surface area contributed by atoms with E-state index < -0.39 is 0 Å². The molecule has 0 aliphatic rings. The van der Waals surface area contributed by atoms with Crippen LogP contribution in [0.3, 0.4) is 0 Å². The third kappa shape index (κ3) is 3.64. The molecule has 102 valence electrons. The number of methoxy groups -OCH3 is 1. The number of nitrogens with two attached hydrogens (primary N) is 1. The van der Waals surface area contributed by atoms with Crippen molar-refractivity contribution in [3.05, 3.63) is 23.3 Å². The Kier molecular flexibility index (Phi) is 5.48. The number of hydrogen-bond acceptors (Lipinski definition) is 3. The van der Waals surface area contributed by atoms with Crippen LogP contribution in [0.2, 0.25) is 0 Å². The standard InChI is InChI=1S/C15H26N2O/c1-10(2)13(8-16)9-17-14-6-12(4)15(18-5)7-11(14)3/h6-7,10,13,17H,8-9,16H2,1-5H3. The number of benzene rings is 1. The van der Waals surface area contributed by atoms with E-state index in [1.54, 1.807) is 7.11 Å². The largest absolute Gasteiger partial charge is 0.496 e. The Bertz CT molecular complexity index is 388. The number of aryl methyl sites for hydroxylation is 2. The Balaban J connectivity index is 2.76. The van der Waals surface area contributed by atoms with E-state index in [1.807, 2.05) is 0 Å². The normalized spacial score (nSPS) is 12.6. The van der Waals surface area contributed by atoms with Crippen molar-refractivity contribution in [3.63, 3.8) is 0 Å². The van der Waals surface area contributed by atoms with E-state index >= 15 is 0 Å². The van der Waals surface area contributed by atoms with E-state index in [4.69, 9.17) is 10.5 Å². The summed E-state index contributed by atoms with van der Waals surface area (Å²) >= 11 is 0. The summed E-state index contributed by atoms with van der Waals surface area (Å²) in [5.74, 6) is 2.05. The molecule has 0 fully saturated rings. The van der Waals surface area contributed by atoms with Gasteiger partial charge in [0.15, 0.2) is 0 Å². The summed E-state index contributed by atoms with van der Waals surface area (Å²) in [6.07, 6.45) is 0. The van der Waals surface area contributed by atoms with Crippen LogP contribution in [0, 0.1) is 25.7 Å². The van der Waals surface area contributed by atoms with Gasteiger partial charge in [0.25, 0.3) is 0 Å². The maximum absolute atomic E-state index is 5.79. The molecule has 0 bridgehead atoms. The van der Waals surface area contributed by atoms with Gasteiger partial charge in [-0.3, -0.25) is 0 Å². The van der Waals surface area contributed by atoms with Crippen LogP contribution in [0.15, 0.2) is 12.1 Å². The lowest BCUT2D eigenvalue weighted by Gasteiger charge is -2.21. The fourth-order valence-corrected chi connectivity index (χ4v) is 2.03. The highest BCUT2D eigenvalue weighted by molar-refractivity contribution is 5.57. The topological polar surface area (TPSA) is 47.3 Å². The van der Waals surface area contributed by atoms with Crippen molar-refractivity contribution in [2.45, 2.75) is 27.7 Å². The molecule has 0 aliphatic heterocycles. The van der Waals surface area contributed by atoms with Crippen LogP contribution in [0.25, 0.3) is 0 Å². The van der Waals surface area contributed by atoms with E-state index in [1.165, 1.54) is 11.3 Å². The van der Waals surface area contributed by atoms with E-state index in [9.17, 15) is 0 Å². The maximum Gasteiger partial charge on any atom is 0.122 e. The number of rotatable bonds is 6. The van der Waals surface area contributed by atoms with Gasteiger partial charge in [0.2, 0.25) is 0 Å². The van der Waals surface area contributed by atoms with E-state index in [-0.39, 0.29) is 0 Å². The van der Waals surface area contributed by atoms with Crippen molar-refractivity contribution in [2.24, 2.45) is 17.6 Å².